The topological polar surface area (TPSA) is 58.2 Å². The summed E-state index contributed by atoms with van der Waals surface area (Å²) in [6.07, 6.45) is 0.211. The largest absolute Gasteiger partial charge is 0.355 e. The zero-order chi connectivity index (χ0) is 12.3. The van der Waals surface area contributed by atoms with Crippen LogP contribution in [-0.4, -0.2) is 18.4 Å². The number of rotatable bonds is 3. The molecule has 5 heteroatoms. The van der Waals surface area contributed by atoms with Crippen LogP contribution in [0.2, 0.25) is 0 Å². The summed E-state index contributed by atoms with van der Waals surface area (Å²) in [7, 11) is 0. The van der Waals surface area contributed by atoms with Crippen LogP contribution in [0.4, 0.5) is 4.39 Å². The standard InChI is InChI=1S/C12H13FN2O2/c13-10-4-2-1-3-8(10)6-15-12(17)9-5-11(16)14-7-9/h1-4,9H,5-7H2,(H,14,16)(H,15,17). The van der Waals surface area contributed by atoms with Crippen LogP contribution in [0, 0.1) is 11.7 Å². The highest BCUT2D eigenvalue weighted by atomic mass is 19.1. The number of hydrogen-bond acceptors (Lipinski definition) is 2. The van der Waals surface area contributed by atoms with Crippen molar-refractivity contribution in [2.24, 2.45) is 5.92 Å². The second-order valence-corrected chi connectivity index (χ2v) is 4.01. The van der Waals surface area contributed by atoms with E-state index >= 15 is 0 Å². The summed E-state index contributed by atoms with van der Waals surface area (Å²) in [5, 5.41) is 5.22. The van der Waals surface area contributed by atoms with Crippen molar-refractivity contribution in [2.75, 3.05) is 6.54 Å². The summed E-state index contributed by atoms with van der Waals surface area (Å²) in [6, 6.07) is 6.28. The first-order chi connectivity index (χ1) is 8.16. The third kappa shape index (κ3) is 2.81. The van der Waals surface area contributed by atoms with Gasteiger partial charge in [0.05, 0.1) is 5.92 Å². The number of hydrogen-bond donors (Lipinski definition) is 2. The van der Waals surface area contributed by atoms with Crippen molar-refractivity contribution in [3.05, 3.63) is 35.6 Å². The summed E-state index contributed by atoms with van der Waals surface area (Å²) >= 11 is 0. The monoisotopic (exact) mass is 236 g/mol. The van der Waals surface area contributed by atoms with Gasteiger partial charge in [-0.1, -0.05) is 18.2 Å². The SMILES string of the molecule is O=C1CC(C(=O)NCc2ccccc2F)CN1. The second-order valence-electron chi connectivity index (χ2n) is 4.01. The minimum Gasteiger partial charge on any atom is -0.355 e. The molecule has 90 valence electrons. The fourth-order valence-corrected chi connectivity index (χ4v) is 1.76. The van der Waals surface area contributed by atoms with Gasteiger partial charge in [-0.25, -0.2) is 4.39 Å². The fourth-order valence-electron chi connectivity index (χ4n) is 1.76. The van der Waals surface area contributed by atoms with Gasteiger partial charge in [0.1, 0.15) is 5.82 Å². The van der Waals surface area contributed by atoms with Gasteiger partial charge in [0.25, 0.3) is 0 Å². The molecule has 0 aromatic heterocycles. The molecule has 2 rings (SSSR count). The molecule has 1 aromatic rings. The van der Waals surface area contributed by atoms with E-state index in [1.165, 1.54) is 6.07 Å². The van der Waals surface area contributed by atoms with Gasteiger partial charge in [-0.3, -0.25) is 9.59 Å². The summed E-state index contributed by atoms with van der Waals surface area (Å²) in [4.78, 5) is 22.6. The first-order valence-electron chi connectivity index (χ1n) is 5.44. The van der Waals surface area contributed by atoms with Gasteiger partial charge >= 0.3 is 0 Å². The number of benzene rings is 1. The minimum atomic E-state index is -0.339. The van der Waals surface area contributed by atoms with Gasteiger partial charge in [0.15, 0.2) is 0 Å². The lowest BCUT2D eigenvalue weighted by molar-refractivity contribution is -0.126. The molecule has 4 nitrogen and oxygen atoms in total. The molecular weight excluding hydrogens is 223 g/mol. The molecule has 1 aliphatic rings. The van der Waals surface area contributed by atoms with E-state index < -0.39 is 0 Å². The minimum absolute atomic E-state index is 0.115. The van der Waals surface area contributed by atoms with Crippen molar-refractivity contribution in [2.45, 2.75) is 13.0 Å². The fraction of sp³-hybridized carbons (Fsp3) is 0.333. The van der Waals surface area contributed by atoms with Gasteiger partial charge in [0.2, 0.25) is 11.8 Å². The third-order valence-electron chi connectivity index (χ3n) is 2.76. The molecule has 1 unspecified atom stereocenters. The van der Waals surface area contributed by atoms with Crippen molar-refractivity contribution in [3.63, 3.8) is 0 Å². The zero-order valence-electron chi connectivity index (χ0n) is 9.20. The van der Waals surface area contributed by atoms with E-state index in [1.54, 1.807) is 18.2 Å². The number of amides is 2. The van der Waals surface area contributed by atoms with Crippen molar-refractivity contribution >= 4 is 11.8 Å². The van der Waals surface area contributed by atoms with Crippen LogP contribution < -0.4 is 10.6 Å². The van der Waals surface area contributed by atoms with Crippen LogP contribution in [0.15, 0.2) is 24.3 Å². The van der Waals surface area contributed by atoms with Crippen LogP contribution in [0.3, 0.4) is 0 Å². The van der Waals surface area contributed by atoms with E-state index in [-0.39, 0.29) is 36.5 Å². The number of halogens is 1. The average Bonchev–Trinajstić information content (AvgIpc) is 2.74. The van der Waals surface area contributed by atoms with Crippen LogP contribution in [-0.2, 0) is 16.1 Å². The first-order valence-corrected chi connectivity index (χ1v) is 5.44. The highest BCUT2D eigenvalue weighted by molar-refractivity contribution is 5.89. The molecule has 1 aliphatic heterocycles. The Hall–Kier alpha value is -1.91. The maximum absolute atomic E-state index is 13.3. The lowest BCUT2D eigenvalue weighted by Gasteiger charge is -2.09. The Bertz CT molecular complexity index is 448. The molecule has 1 heterocycles. The van der Waals surface area contributed by atoms with Crippen LogP contribution in [0.5, 0.6) is 0 Å². The lowest BCUT2D eigenvalue weighted by Crippen LogP contribution is -2.31. The predicted molar refractivity (Wildman–Crippen MR) is 59.4 cm³/mol. The molecule has 17 heavy (non-hydrogen) atoms. The maximum Gasteiger partial charge on any atom is 0.225 e. The molecule has 1 atom stereocenters. The summed E-state index contributed by atoms with van der Waals surface area (Å²) in [5.41, 5.74) is 0.443. The highest BCUT2D eigenvalue weighted by Gasteiger charge is 2.27. The molecule has 1 aromatic carbocycles. The van der Waals surface area contributed by atoms with Crippen molar-refractivity contribution in [1.82, 2.24) is 10.6 Å². The smallest absolute Gasteiger partial charge is 0.225 e. The van der Waals surface area contributed by atoms with Gasteiger partial charge in [-0.15, -0.1) is 0 Å². The predicted octanol–water partition coefficient (Wildman–Crippen LogP) is 0.578. The molecule has 0 saturated carbocycles. The van der Waals surface area contributed by atoms with Crippen LogP contribution >= 0.6 is 0 Å². The lowest BCUT2D eigenvalue weighted by atomic mass is 10.1. The second kappa shape index (κ2) is 4.95. The Morgan fingerprint density at radius 2 is 2.24 bits per heavy atom. The van der Waals surface area contributed by atoms with Gasteiger partial charge < -0.3 is 10.6 Å². The molecule has 0 bridgehead atoms. The van der Waals surface area contributed by atoms with E-state index in [0.29, 0.717) is 12.1 Å². The van der Waals surface area contributed by atoms with E-state index in [0.717, 1.165) is 0 Å². The first kappa shape index (κ1) is 11.6. The van der Waals surface area contributed by atoms with E-state index in [9.17, 15) is 14.0 Å². The molecular formula is C12H13FN2O2. The van der Waals surface area contributed by atoms with E-state index in [4.69, 9.17) is 0 Å². The normalized spacial score (nSPS) is 18.9. The van der Waals surface area contributed by atoms with Crippen molar-refractivity contribution in [1.29, 1.82) is 0 Å². The molecule has 0 radical (unpaired) electrons. The van der Waals surface area contributed by atoms with Crippen LogP contribution in [0.1, 0.15) is 12.0 Å². The molecule has 1 saturated heterocycles. The molecule has 1 fully saturated rings. The number of carbonyl (C=O) groups excluding carboxylic acids is 2. The Morgan fingerprint density at radius 1 is 1.47 bits per heavy atom. The maximum atomic E-state index is 13.3. The molecule has 0 spiro atoms. The Kier molecular flexibility index (Phi) is 3.37. The summed E-state index contributed by atoms with van der Waals surface area (Å²) in [5.74, 6) is -1.01. The van der Waals surface area contributed by atoms with Crippen molar-refractivity contribution in [3.8, 4) is 0 Å². The number of nitrogens with one attached hydrogen (secondary N) is 2. The van der Waals surface area contributed by atoms with E-state index in [2.05, 4.69) is 10.6 Å². The number of carbonyl (C=O) groups is 2. The third-order valence-corrected chi connectivity index (χ3v) is 2.76. The molecule has 0 aliphatic carbocycles. The summed E-state index contributed by atoms with van der Waals surface area (Å²) < 4.78 is 13.3. The van der Waals surface area contributed by atoms with Gasteiger partial charge in [-0.05, 0) is 6.07 Å². The molecule has 2 N–H and O–H groups in total. The zero-order valence-corrected chi connectivity index (χ0v) is 9.20. The highest BCUT2D eigenvalue weighted by Crippen LogP contribution is 2.10. The van der Waals surface area contributed by atoms with Crippen LogP contribution in [0.25, 0.3) is 0 Å². The van der Waals surface area contributed by atoms with Gasteiger partial charge in [0, 0.05) is 25.1 Å². The average molecular weight is 236 g/mol. The quantitative estimate of drug-likeness (QED) is 0.806. The molecule has 2 amide bonds. The Morgan fingerprint density at radius 3 is 2.88 bits per heavy atom. The summed E-state index contributed by atoms with van der Waals surface area (Å²) in [6.45, 7) is 0.512. The Labute approximate surface area is 98.2 Å². The van der Waals surface area contributed by atoms with Gasteiger partial charge in [-0.2, -0.15) is 0 Å². The Balaban J connectivity index is 1.88. The van der Waals surface area contributed by atoms with E-state index in [1.807, 2.05) is 0 Å². The van der Waals surface area contributed by atoms with Crippen molar-refractivity contribution < 1.29 is 14.0 Å².